The van der Waals surface area contributed by atoms with Crippen LogP contribution >= 0.6 is 0 Å². The predicted molar refractivity (Wildman–Crippen MR) is 118 cm³/mol. The van der Waals surface area contributed by atoms with Gasteiger partial charge in [0.15, 0.2) is 0 Å². The number of ether oxygens (including phenoxy) is 1. The maximum absolute atomic E-state index is 12.8. The summed E-state index contributed by atoms with van der Waals surface area (Å²) in [6, 6.07) is 8.35. The number of carbonyl (C=O) groups is 2. The second-order valence-corrected chi connectivity index (χ2v) is 8.64. The number of carbonyl (C=O) groups excluding carboxylic acids is 2. The lowest BCUT2D eigenvalue weighted by molar-refractivity contribution is -0.129. The van der Waals surface area contributed by atoms with Gasteiger partial charge in [-0.15, -0.1) is 0 Å². The molecular weight excluding hydrogens is 380 g/mol. The lowest BCUT2D eigenvalue weighted by Gasteiger charge is -2.33. The highest BCUT2D eigenvalue weighted by Gasteiger charge is 2.27. The van der Waals surface area contributed by atoms with E-state index in [0.717, 1.165) is 31.7 Å². The van der Waals surface area contributed by atoms with Crippen LogP contribution in [0.5, 0.6) is 5.75 Å². The van der Waals surface area contributed by atoms with Crippen LogP contribution in [0.15, 0.2) is 24.3 Å². The third-order valence-electron chi connectivity index (χ3n) is 6.39. The Morgan fingerprint density at radius 1 is 1.10 bits per heavy atom. The molecule has 1 N–H and O–H groups in total. The standard InChI is InChI=1S/C23H36N4O3/c1-25(2)22(28)16-18-10-14-27(15-11-18)23(29)24-17-21(26-12-4-5-13-26)19-6-8-20(30-3)9-7-19/h6-9,18,21H,4-5,10-17H2,1-3H3,(H,24,29). The Morgan fingerprint density at radius 3 is 2.30 bits per heavy atom. The normalized spacial score (nSPS) is 18.8. The number of rotatable bonds is 7. The van der Waals surface area contributed by atoms with Crippen molar-refractivity contribution in [3.8, 4) is 5.75 Å². The van der Waals surface area contributed by atoms with Crippen molar-refractivity contribution >= 4 is 11.9 Å². The minimum atomic E-state index is 0.00472. The maximum Gasteiger partial charge on any atom is 0.317 e. The highest BCUT2D eigenvalue weighted by Crippen LogP contribution is 2.26. The van der Waals surface area contributed by atoms with Crippen molar-refractivity contribution in [1.82, 2.24) is 20.0 Å². The molecule has 0 aromatic heterocycles. The number of hydrogen-bond donors (Lipinski definition) is 1. The molecule has 1 aromatic carbocycles. The number of nitrogens with one attached hydrogen (secondary N) is 1. The van der Waals surface area contributed by atoms with E-state index in [0.29, 0.717) is 32.0 Å². The molecule has 7 heteroatoms. The number of urea groups is 1. The van der Waals surface area contributed by atoms with E-state index >= 15 is 0 Å². The van der Waals surface area contributed by atoms with Gasteiger partial charge in [-0.2, -0.15) is 0 Å². The molecule has 0 radical (unpaired) electrons. The van der Waals surface area contributed by atoms with E-state index in [4.69, 9.17) is 4.74 Å². The molecule has 0 aliphatic carbocycles. The van der Waals surface area contributed by atoms with Crippen LogP contribution in [0, 0.1) is 5.92 Å². The van der Waals surface area contributed by atoms with Crippen LogP contribution in [-0.4, -0.2) is 80.6 Å². The number of benzene rings is 1. The Balaban J connectivity index is 1.52. The summed E-state index contributed by atoms with van der Waals surface area (Å²) < 4.78 is 5.28. The van der Waals surface area contributed by atoms with Crippen LogP contribution in [-0.2, 0) is 4.79 Å². The third kappa shape index (κ3) is 5.88. The molecule has 3 amide bonds. The first kappa shape index (κ1) is 22.4. The fourth-order valence-electron chi connectivity index (χ4n) is 4.40. The third-order valence-corrected chi connectivity index (χ3v) is 6.39. The van der Waals surface area contributed by atoms with Crippen molar-refractivity contribution in [2.45, 2.75) is 38.1 Å². The Hall–Kier alpha value is -2.28. The van der Waals surface area contributed by atoms with Gasteiger partial charge in [0.05, 0.1) is 13.2 Å². The topological polar surface area (TPSA) is 65.1 Å². The summed E-state index contributed by atoms with van der Waals surface area (Å²) in [7, 11) is 5.27. The molecule has 7 nitrogen and oxygen atoms in total. The summed E-state index contributed by atoms with van der Waals surface area (Å²) >= 11 is 0. The lowest BCUT2D eigenvalue weighted by Crippen LogP contribution is -2.47. The van der Waals surface area contributed by atoms with Crippen LogP contribution < -0.4 is 10.1 Å². The summed E-state index contributed by atoms with van der Waals surface area (Å²) in [5.41, 5.74) is 1.21. The minimum absolute atomic E-state index is 0.00472. The molecule has 1 unspecified atom stereocenters. The molecule has 2 fully saturated rings. The zero-order valence-electron chi connectivity index (χ0n) is 18.6. The Labute approximate surface area is 180 Å². The van der Waals surface area contributed by atoms with Crippen molar-refractivity contribution in [3.63, 3.8) is 0 Å². The lowest BCUT2D eigenvalue weighted by atomic mass is 9.93. The zero-order valence-corrected chi connectivity index (χ0v) is 18.6. The van der Waals surface area contributed by atoms with Gasteiger partial charge >= 0.3 is 6.03 Å². The number of amides is 3. The van der Waals surface area contributed by atoms with Crippen LogP contribution in [0.2, 0.25) is 0 Å². The van der Waals surface area contributed by atoms with Gasteiger partial charge in [-0.1, -0.05) is 12.1 Å². The maximum atomic E-state index is 12.8. The predicted octanol–water partition coefficient (Wildman–Crippen LogP) is 2.73. The number of methoxy groups -OCH3 is 1. The number of piperidine rings is 1. The van der Waals surface area contributed by atoms with Crippen molar-refractivity contribution in [3.05, 3.63) is 29.8 Å². The monoisotopic (exact) mass is 416 g/mol. The summed E-state index contributed by atoms with van der Waals surface area (Å²) in [5, 5.41) is 3.17. The van der Waals surface area contributed by atoms with Crippen molar-refractivity contribution in [2.75, 3.05) is 53.9 Å². The summed E-state index contributed by atoms with van der Waals surface area (Å²) in [6.45, 7) is 4.17. The van der Waals surface area contributed by atoms with E-state index < -0.39 is 0 Å². The molecule has 2 aliphatic rings. The SMILES string of the molecule is COc1ccc(C(CNC(=O)N2CCC(CC(=O)N(C)C)CC2)N2CCCC2)cc1. The van der Waals surface area contributed by atoms with E-state index in [9.17, 15) is 9.59 Å². The van der Waals surface area contributed by atoms with Crippen LogP contribution in [0.4, 0.5) is 4.79 Å². The summed E-state index contributed by atoms with van der Waals surface area (Å²) in [5.74, 6) is 1.39. The van der Waals surface area contributed by atoms with Crippen LogP contribution in [0.3, 0.4) is 0 Å². The summed E-state index contributed by atoms with van der Waals surface area (Å²) in [6.07, 6.45) is 4.78. The highest BCUT2D eigenvalue weighted by molar-refractivity contribution is 5.76. The number of nitrogens with zero attached hydrogens (tertiary/aromatic N) is 3. The second-order valence-electron chi connectivity index (χ2n) is 8.64. The quantitative estimate of drug-likeness (QED) is 0.742. The van der Waals surface area contributed by atoms with Gasteiger partial charge in [0.25, 0.3) is 0 Å². The van der Waals surface area contributed by atoms with Gasteiger partial charge in [-0.3, -0.25) is 9.69 Å². The van der Waals surface area contributed by atoms with Crippen LogP contribution in [0.1, 0.15) is 43.7 Å². The van der Waals surface area contributed by atoms with Gasteiger partial charge in [-0.25, -0.2) is 4.79 Å². The molecular formula is C23H36N4O3. The van der Waals surface area contributed by atoms with E-state index in [-0.39, 0.29) is 18.0 Å². The first-order valence-electron chi connectivity index (χ1n) is 11.1. The average Bonchev–Trinajstić information content (AvgIpc) is 3.29. The molecule has 2 saturated heterocycles. The fraction of sp³-hybridized carbons (Fsp3) is 0.652. The summed E-state index contributed by atoms with van der Waals surface area (Å²) in [4.78, 5) is 30.7. The number of hydrogen-bond acceptors (Lipinski definition) is 4. The highest BCUT2D eigenvalue weighted by atomic mass is 16.5. The van der Waals surface area contributed by atoms with E-state index in [1.807, 2.05) is 17.0 Å². The van der Waals surface area contributed by atoms with E-state index in [1.54, 1.807) is 26.1 Å². The molecule has 30 heavy (non-hydrogen) atoms. The minimum Gasteiger partial charge on any atom is -0.497 e. The van der Waals surface area contributed by atoms with Gasteiger partial charge in [0.2, 0.25) is 5.91 Å². The molecule has 166 valence electrons. The van der Waals surface area contributed by atoms with Gasteiger partial charge in [0, 0.05) is 40.2 Å². The van der Waals surface area contributed by atoms with Crippen molar-refractivity contribution < 1.29 is 14.3 Å². The molecule has 0 bridgehead atoms. The van der Waals surface area contributed by atoms with Gasteiger partial charge < -0.3 is 19.9 Å². The van der Waals surface area contributed by atoms with Crippen LogP contribution in [0.25, 0.3) is 0 Å². The largest absolute Gasteiger partial charge is 0.497 e. The molecule has 0 saturated carbocycles. The molecule has 2 aliphatic heterocycles. The Morgan fingerprint density at radius 2 is 1.73 bits per heavy atom. The Kier molecular flexibility index (Phi) is 7.96. The molecule has 0 spiro atoms. The molecule has 1 aromatic rings. The first-order valence-corrected chi connectivity index (χ1v) is 11.1. The fourth-order valence-corrected chi connectivity index (χ4v) is 4.40. The number of likely N-dealkylation sites (tertiary alicyclic amines) is 2. The van der Waals surface area contributed by atoms with E-state index in [1.165, 1.54) is 18.4 Å². The van der Waals surface area contributed by atoms with Crippen molar-refractivity contribution in [2.24, 2.45) is 5.92 Å². The molecule has 2 heterocycles. The van der Waals surface area contributed by atoms with Gasteiger partial charge in [-0.05, 0) is 62.4 Å². The average molecular weight is 417 g/mol. The smallest absolute Gasteiger partial charge is 0.317 e. The van der Waals surface area contributed by atoms with Crippen molar-refractivity contribution in [1.29, 1.82) is 0 Å². The second kappa shape index (κ2) is 10.7. The first-order chi connectivity index (χ1) is 14.5. The van der Waals surface area contributed by atoms with E-state index in [2.05, 4.69) is 22.3 Å². The van der Waals surface area contributed by atoms with Gasteiger partial charge in [0.1, 0.15) is 5.75 Å². The molecule has 3 rings (SSSR count). The zero-order chi connectivity index (χ0) is 21.5. The Bertz CT molecular complexity index is 693. The molecule has 1 atom stereocenters.